The summed E-state index contributed by atoms with van der Waals surface area (Å²) < 4.78 is 1.35. The Morgan fingerprint density at radius 3 is 2.43 bits per heavy atom. The number of aromatic amines is 1. The molecule has 3 rings (SSSR count). The number of amides is 1. The summed E-state index contributed by atoms with van der Waals surface area (Å²) in [6.45, 7) is 3.77. The minimum Gasteiger partial charge on any atom is -0.321 e. The molecule has 0 aliphatic rings. The maximum Gasteiger partial charge on any atom is 0.272 e. The van der Waals surface area contributed by atoms with Crippen molar-refractivity contribution in [3.05, 3.63) is 75.8 Å². The van der Waals surface area contributed by atoms with Crippen molar-refractivity contribution in [3.8, 4) is 5.82 Å². The molecule has 0 aliphatic heterocycles. The Morgan fingerprint density at radius 1 is 1.13 bits per heavy atom. The molecule has 0 unspecified atom stereocenters. The summed E-state index contributed by atoms with van der Waals surface area (Å²) in [5, 5.41) is 5.68. The fourth-order valence-electron chi connectivity index (χ4n) is 2.18. The molecule has 116 valence electrons. The molecule has 2 aromatic heterocycles. The van der Waals surface area contributed by atoms with Crippen LogP contribution in [0.15, 0.2) is 53.5 Å². The largest absolute Gasteiger partial charge is 0.321 e. The Labute approximate surface area is 132 Å². The maximum atomic E-state index is 12.1. The number of carbonyl (C=O) groups excluding carboxylic acids is 1. The third-order valence-corrected chi connectivity index (χ3v) is 3.40. The quantitative estimate of drug-likeness (QED) is 0.780. The molecule has 0 aliphatic carbocycles. The van der Waals surface area contributed by atoms with Crippen molar-refractivity contribution in [2.24, 2.45) is 0 Å². The van der Waals surface area contributed by atoms with Crippen LogP contribution in [0.25, 0.3) is 5.82 Å². The zero-order valence-electron chi connectivity index (χ0n) is 12.8. The number of hydrogen-bond donors (Lipinski definition) is 2. The van der Waals surface area contributed by atoms with E-state index < -0.39 is 0 Å². The molecule has 23 heavy (non-hydrogen) atoms. The second-order valence-corrected chi connectivity index (χ2v) is 5.34. The SMILES string of the molecule is Cc1ccc(C(=O)Nc2ccc(-n3[nH]c(C)cc3=O)nc2)cc1. The van der Waals surface area contributed by atoms with Crippen LogP contribution in [0.1, 0.15) is 21.6 Å². The molecule has 0 saturated carbocycles. The van der Waals surface area contributed by atoms with Gasteiger partial charge in [-0.25, -0.2) is 9.67 Å². The maximum absolute atomic E-state index is 12.1. The van der Waals surface area contributed by atoms with E-state index in [4.69, 9.17) is 0 Å². The fourth-order valence-corrected chi connectivity index (χ4v) is 2.18. The number of H-pyrrole nitrogens is 1. The third kappa shape index (κ3) is 3.21. The van der Waals surface area contributed by atoms with Gasteiger partial charge in [-0.1, -0.05) is 17.7 Å². The van der Waals surface area contributed by atoms with Gasteiger partial charge in [-0.05, 0) is 38.1 Å². The molecule has 2 heterocycles. The van der Waals surface area contributed by atoms with Crippen molar-refractivity contribution >= 4 is 11.6 Å². The van der Waals surface area contributed by atoms with Crippen molar-refractivity contribution < 1.29 is 4.79 Å². The molecule has 1 amide bonds. The van der Waals surface area contributed by atoms with Crippen LogP contribution in [-0.2, 0) is 0 Å². The summed E-state index contributed by atoms with van der Waals surface area (Å²) >= 11 is 0. The van der Waals surface area contributed by atoms with Gasteiger partial charge in [-0.2, -0.15) is 0 Å². The Balaban J connectivity index is 1.77. The average molecular weight is 308 g/mol. The first-order valence-corrected chi connectivity index (χ1v) is 7.16. The van der Waals surface area contributed by atoms with Crippen LogP contribution in [-0.4, -0.2) is 20.7 Å². The monoisotopic (exact) mass is 308 g/mol. The second kappa shape index (κ2) is 5.92. The molecule has 6 heteroatoms. The predicted molar refractivity (Wildman–Crippen MR) is 88.1 cm³/mol. The van der Waals surface area contributed by atoms with Gasteiger partial charge >= 0.3 is 0 Å². The van der Waals surface area contributed by atoms with Crippen molar-refractivity contribution in [2.75, 3.05) is 5.32 Å². The van der Waals surface area contributed by atoms with Gasteiger partial charge in [0, 0.05) is 17.3 Å². The van der Waals surface area contributed by atoms with Gasteiger partial charge < -0.3 is 5.32 Å². The second-order valence-electron chi connectivity index (χ2n) is 5.34. The highest BCUT2D eigenvalue weighted by Crippen LogP contribution is 2.11. The van der Waals surface area contributed by atoms with Crippen LogP contribution < -0.4 is 10.9 Å². The number of benzene rings is 1. The molecular formula is C17H16N4O2. The van der Waals surface area contributed by atoms with E-state index in [9.17, 15) is 9.59 Å². The molecule has 2 N–H and O–H groups in total. The van der Waals surface area contributed by atoms with Crippen LogP contribution in [0.5, 0.6) is 0 Å². The number of nitrogens with zero attached hydrogens (tertiary/aromatic N) is 2. The van der Waals surface area contributed by atoms with E-state index in [1.165, 1.54) is 16.9 Å². The number of hydrogen-bond acceptors (Lipinski definition) is 3. The van der Waals surface area contributed by atoms with Gasteiger partial charge in [0.15, 0.2) is 5.82 Å². The molecule has 0 saturated heterocycles. The fraction of sp³-hybridized carbons (Fsp3) is 0.118. The standard InChI is InChI=1S/C17H16N4O2/c1-11-3-5-13(6-4-11)17(23)19-14-7-8-15(18-10-14)21-16(22)9-12(2)20-21/h3-10,20H,1-2H3,(H,19,23). The molecule has 0 spiro atoms. The first kappa shape index (κ1) is 14.8. The highest BCUT2D eigenvalue weighted by molar-refractivity contribution is 6.04. The minimum atomic E-state index is -0.201. The Hall–Kier alpha value is -3.15. The third-order valence-electron chi connectivity index (χ3n) is 3.40. The summed E-state index contributed by atoms with van der Waals surface area (Å²) in [5.74, 6) is 0.267. The van der Waals surface area contributed by atoms with Gasteiger partial charge in [0.1, 0.15) is 0 Å². The van der Waals surface area contributed by atoms with E-state index in [2.05, 4.69) is 15.4 Å². The number of nitrogens with one attached hydrogen (secondary N) is 2. The number of pyridine rings is 1. The topological polar surface area (TPSA) is 79.8 Å². The molecule has 0 atom stereocenters. The van der Waals surface area contributed by atoms with E-state index in [1.807, 2.05) is 19.1 Å². The van der Waals surface area contributed by atoms with Crippen molar-refractivity contribution in [3.63, 3.8) is 0 Å². The highest BCUT2D eigenvalue weighted by Gasteiger charge is 2.07. The zero-order chi connectivity index (χ0) is 16.4. The Morgan fingerprint density at radius 2 is 1.87 bits per heavy atom. The molecule has 1 aromatic carbocycles. The van der Waals surface area contributed by atoms with Crippen LogP contribution >= 0.6 is 0 Å². The predicted octanol–water partition coefficient (Wildman–Crippen LogP) is 2.43. The van der Waals surface area contributed by atoms with Crippen molar-refractivity contribution in [1.29, 1.82) is 0 Å². The minimum absolute atomic E-state index is 0.175. The Kier molecular flexibility index (Phi) is 3.80. The lowest BCUT2D eigenvalue weighted by atomic mass is 10.1. The highest BCUT2D eigenvalue weighted by atomic mass is 16.1. The smallest absolute Gasteiger partial charge is 0.272 e. The van der Waals surface area contributed by atoms with E-state index in [1.54, 1.807) is 31.2 Å². The van der Waals surface area contributed by atoms with Gasteiger partial charge in [0.2, 0.25) is 0 Å². The van der Waals surface area contributed by atoms with Gasteiger partial charge in [-0.15, -0.1) is 0 Å². The van der Waals surface area contributed by atoms with Crippen molar-refractivity contribution in [2.45, 2.75) is 13.8 Å². The molecule has 6 nitrogen and oxygen atoms in total. The van der Waals surface area contributed by atoms with Gasteiger partial charge in [0.05, 0.1) is 11.9 Å². The summed E-state index contributed by atoms with van der Waals surface area (Å²) in [5.41, 5.74) is 2.82. The number of rotatable bonds is 3. The molecule has 0 fully saturated rings. The van der Waals surface area contributed by atoms with Crippen molar-refractivity contribution in [1.82, 2.24) is 14.8 Å². The van der Waals surface area contributed by atoms with Crippen LogP contribution in [0.3, 0.4) is 0 Å². The lowest BCUT2D eigenvalue weighted by Gasteiger charge is -2.06. The zero-order valence-corrected chi connectivity index (χ0v) is 12.8. The summed E-state index contributed by atoms with van der Waals surface area (Å²) in [6.07, 6.45) is 1.52. The Bertz CT molecular complexity index is 890. The number of anilines is 1. The van der Waals surface area contributed by atoms with E-state index >= 15 is 0 Å². The van der Waals surface area contributed by atoms with Crippen LogP contribution in [0.4, 0.5) is 5.69 Å². The average Bonchev–Trinajstić information content (AvgIpc) is 2.87. The van der Waals surface area contributed by atoms with E-state index in [0.717, 1.165) is 11.3 Å². The van der Waals surface area contributed by atoms with E-state index in [0.29, 0.717) is 17.1 Å². The lowest BCUT2D eigenvalue weighted by Crippen LogP contribution is -2.16. The summed E-state index contributed by atoms with van der Waals surface area (Å²) in [6, 6.07) is 12.2. The van der Waals surface area contributed by atoms with E-state index in [-0.39, 0.29) is 11.5 Å². The van der Waals surface area contributed by atoms with Gasteiger partial charge in [0.25, 0.3) is 11.5 Å². The molecule has 0 radical (unpaired) electrons. The molecule has 3 aromatic rings. The molecular weight excluding hydrogens is 292 g/mol. The normalized spacial score (nSPS) is 10.5. The van der Waals surface area contributed by atoms with Crippen LogP contribution in [0, 0.1) is 13.8 Å². The summed E-state index contributed by atoms with van der Waals surface area (Å²) in [7, 11) is 0. The first-order chi connectivity index (χ1) is 11.0. The van der Waals surface area contributed by atoms with Crippen LogP contribution in [0.2, 0.25) is 0 Å². The number of aryl methyl sites for hydroxylation is 2. The lowest BCUT2D eigenvalue weighted by molar-refractivity contribution is 0.102. The first-order valence-electron chi connectivity index (χ1n) is 7.16. The summed E-state index contributed by atoms with van der Waals surface area (Å²) in [4.78, 5) is 28.1. The number of carbonyl (C=O) groups is 1. The molecule has 0 bridgehead atoms. The number of aromatic nitrogens is 3. The van der Waals surface area contributed by atoms with Gasteiger partial charge in [-0.3, -0.25) is 14.7 Å².